The predicted molar refractivity (Wildman–Crippen MR) is 86.7 cm³/mol. The fraction of sp³-hybridized carbons (Fsp3) is 0.824. The Bertz CT molecular complexity index is 504. The minimum absolute atomic E-state index is 0.00135. The van der Waals surface area contributed by atoms with Crippen LogP contribution < -0.4 is 5.73 Å². The first-order valence-electron chi connectivity index (χ1n) is 8.97. The van der Waals surface area contributed by atoms with Gasteiger partial charge in [-0.25, -0.2) is 0 Å². The van der Waals surface area contributed by atoms with E-state index in [1.165, 1.54) is 0 Å². The molecule has 3 heterocycles. The zero-order valence-electron chi connectivity index (χ0n) is 14.1. The molecule has 0 saturated carbocycles. The van der Waals surface area contributed by atoms with Gasteiger partial charge in [0, 0.05) is 58.2 Å². The van der Waals surface area contributed by atoms with E-state index < -0.39 is 5.91 Å². The normalized spacial score (nSPS) is 27.8. The second-order valence-corrected chi connectivity index (χ2v) is 7.24. The number of primary amides is 1. The van der Waals surface area contributed by atoms with Gasteiger partial charge < -0.3 is 20.3 Å². The Hall–Kier alpha value is -1.63. The third-order valence-corrected chi connectivity index (χ3v) is 5.62. The molecule has 0 aromatic heterocycles. The molecular weight excluding hydrogens is 310 g/mol. The summed E-state index contributed by atoms with van der Waals surface area (Å²) >= 11 is 0. The van der Waals surface area contributed by atoms with Crippen LogP contribution in [0.1, 0.15) is 32.1 Å². The molecule has 3 fully saturated rings. The van der Waals surface area contributed by atoms with Crippen LogP contribution in [0.3, 0.4) is 0 Å². The summed E-state index contributed by atoms with van der Waals surface area (Å²) in [5, 5.41) is 0. The zero-order chi connectivity index (χ0) is 17.1. The highest BCUT2D eigenvalue weighted by molar-refractivity contribution is 5.83. The van der Waals surface area contributed by atoms with Crippen molar-refractivity contribution in [2.24, 2.45) is 23.5 Å². The van der Waals surface area contributed by atoms with Gasteiger partial charge in [-0.3, -0.25) is 14.4 Å². The second kappa shape index (κ2) is 7.51. The van der Waals surface area contributed by atoms with Gasteiger partial charge in [-0.15, -0.1) is 0 Å². The van der Waals surface area contributed by atoms with Crippen LogP contribution in [0.4, 0.5) is 0 Å². The van der Waals surface area contributed by atoms with Gasteiger partial charge in [-0.1, -0.05) is 0 Å². The van der Waals surface area contributed by atoms with E-state index in [-0.39, 0.29) is 30.6 Å². The van der Waals surface area contributed by atoms with Gasteiger partial charge in [0.25, 0.3) is 0 Å². The van der Waals surface area contributed by atoms with Crippen LogP contribution >= 0.6 is 0 Å². The Labute approximate surface area is 142 Å². The van der Waals surface area contributed by atoms with E-state index in [1.807, 2.05) is 9.80 Å². The number of amides is 3. The van der Waals surface area contributed by atoms with E-state index in [0.717, 1.165) is 38.9 Å². The lowest BCUT2D eigenvalue weighted by Gasteiger charge is -2.34. The number of nitrogens with two attached hydrogens (primary N) is 1. The number of nitrogens with zero attached hydrogens (tertiary/aromatic N) is 2. The first-order valence-corrected chi connectivity index (χ1v) is 8.97. The largest absolute Gasteiger partial charge is 0.381 e. The number of carbonyl (C=O) groups is 3. The maximum atomic E-state index is 12.7. The van der Waals surface area contributed by atoms with Crippen LogP contribution in [0.5, 0.6) is 0 Å². The number of hydrogen-bond acceptors (Lipinski definition) is 4. The topological polar surface area (TPSA) is 92.9 Å². The molecule has 0 aromatic rings. The standard InChI is InChI=1S/C17H27N3O4/c18-15(21)1-2-16(22)19-6-3-13-9-20(11-14(13)10-19)17(23)12-4-7-24-8-5-12/h12-14H,1-11H2,(H2,18,21)/t13-,14-/m0/s1. The third-order valence-electron chi connectivity index (χ3n) is 5.62. The van der Waals surface area contributed by atoms with Crippen molar-refractivity contribution in [2.75, 3.05) is 39.4 Å². The number of rotatable bonds is 4. The SMILES string of the molecule is NC(=O)CCC(=O)N1CC[C@H]2CN(C(=O)C3CCOCC3)C[C@@H]2C1. The highest BCUT2D eigenvalue weighted by Crippen LogP contribution is 2.33. The van der Waals surface area contributed by atoms with Gasteiger partial charge >= 0.3 is 0 Å². The highest BCUT2D eigenvalue weighted by atomic mass is 16.5. The van der Waals surface area contributed by atoms with Crippen molar-refractivity contribution >= 4 is 17.7 Å². The summed E-state index contributed by atoms with van der Waals surface area (Å²) in [5.41, 5.74) is 5.12. The van der Waals surface area contributed by atoms with Gasteiger partial charge in [0.1, 0.15) is 0 Å². The molecule has 7 nitrogen and oxygen atoms in total. The smallest absolute Gasteiger partial charge is 0.225 e. The van der Waals surface area contributed by atoms with Crippen LogP contribution in [0.2, 0.25) is 0 Å². The molecule has 0 radical (unpaired) electrons. The van der Waals surface area contributed by atoms with Crippen molar-refractivity contribution in [3.8, 4) is 0 Å². The number of carbonyl (C=O) groups excluding carboxylic acids is 3. The Morgan fingerprint density at radius 2 is 1.58 bits per heavy atom. The average Bonchev–Trinajstić information content (AvgIpc) is 3.02. The molecule has 2 atom stereocenters. The lowest BCUT2D eigenvalue weighted by atomic mass is 9.88. The second-order valence-electron chi connectivity index (χ2n) is 7.24. The fourth-order valence-corrected chi connectivity index (χ4v) is 4.17. The molecule has 0 bridgehead atoms. The number of ether oxygens (including phenoxy) is 1. The Balaban J connectivity index is 1.51. The Morgan fingerprint density at radius 1 is 0.917 bits per heavy atom. The zero-order valence-corrected chi connectivity index (χ0v) is 14.1. The van der Waals surface area contributed by atoms with Gasteiger partial charge in [0.15, 0.2) is 0 Å². The van der Waals surface area contributed by atoms with Crippen LogP contribution in [-0.2, 0) is 19.1 Å². The first kappa shape index (κ1) is 17.2. The molecule has 3 amide bonds. The summed E-state index contributed by atoms with van der Waals surface area (Å²) in [6.45, 7) is 4.35. The molecule has 3 rings (SSSR count). The van der Waals surface area contributed by atoms with Gasteiger partial charge in [0.2, 0.25) is 17.7 Å². The third kappa shape index (κ3) is 3.88. The van der Waals surface area contributed by atoms with Crippen molar-refractivity contribution in [2.45, 2.75) is 32.1 Å². The molecule has 2 N–H and O–H groups in total. The van der Waals surface area contributed by atoms with E-state index in [0.29, 0.717) is 31.6 Å². The highest BCUT2D eigenvalue weighted by Gasteiger charge is 2.41. The minimum Gasteiger partial charge on any atom is -0.381 e. The minimum atomic E-state index is -0.438. The molecule has 3 aliphatic heterocycles. The number of fused-ring (bicyclic) bond motifs is 1. The summed E-state index contributed by atoms with van der Waals surface area (Å²) in [4.78, 5) is 39.5. The molecule has 3 aliphatic rings. The Kier molecular flexibility index (Phi) is 5.38. The average molecular weight is 337 g/mol. The number of hydrogen-bond donors (Lipinski definition) is 1. The Morgan fingerprint density at radius 3 is 2.29 bits per heavy atom. The first-order chi connectivity index (χ1) is 11.5. The van der Waals surface area contributed by atoms with Gasteiger partial charge in [0.05, 0.1) is 0 Å². The van der Waals surface area contributed by atoms with Crippen molar-refractivity contribution in [3.05, 3.63) is 0 Å². The fourth-order valence-electron chi connectivity index (χ4n) is 4.17. The van der Waals surface area contributed by atoms with E-state index in [1.54, 1.807) is 0 Å². The molecule has 3 saturated heterocycles. The van der Waals surface area contributed by atoms with E-state index in [4.69, 9.17) is 10.5 Å². The van der Waals surface area contributed by atoms with Crippen molar-refractivity contribution in [1.82, 2.24) is 9.80 Å². The van der Waals surface area contributed by atoms with Gasteiger partial charge in [-0.05, 0) is 31.1 Å². The van der Waals surface area contributed by atoms with Crippen molar-refractivity contribution in [3.63, 3.8) is 0 Å². The molecule has 0 aromatic carbocycles. The summed E-state index contributed by atoms with van der Waals surface area (Å²) in [7, 11) is 0. The quantitative estimate of drug-likeness (QED) is 0.780. The van der Waals surface area contributed by atoms with Crippen molar-refractivity contribution < 1.29 is 19.1 Å². The number of piperidine rings is 1. The summed E-state index contributed by atoms with van der Waals surface area (Å²) in [6.07, 6.45) is 2.88. The summed E-state index contributed by atoms with van der Waals surface area (Å²) in [6, 6.07) is 0. The van der Waals surface area contributed by atoms with Crippen molar-refractivity contribution in [1.29, 1.82) is 0 Å². The van der Waals surface area contributed by atoms with E-state index >= 15 is 0 Å². The van der Waals surface area contributed by atoms with E-state index in [2.05, 4.69) is 0 Å². The van der Waals surface area contributed by atoms with Crippen LogP contribution in [0, 0.1) is 17.8 Å². The molecule has 24 heavy (non-hydrogen) atoms. The van der Waals surface area contributed by atoms with Crippen LogP contribution in [-0.4, -0.2) is 66.9 Å². The van der Waals surface area contributed by atoms with Crippen LogP contribution in [0.25, 0.3) is 0 Å². The van der Waals surface area contributed by atoms with Gasteiger partial charge in [-0.2, -0.15) is 0 Å². The molecule has 0 aliphatic carbocycles. The molecule has 7 heteroatoms. The molecule has 0 unspecified atom stereocenters. The maximum Gasteiger partial charge on any atom is 0.225 e. The summed E-state index contributed by atoms with van der Waals surface area (Å²) < 4.78 is 5.34. The van der Waals surface area contributed by atoms with Crippen LogP contribution in [0.15, 0.2) is 0 Å². The lowest BCUT2D eigenvalue weighted by molar-refractivity contribution is -0.137. The lowest BCUT2D eigenvalue weighted by Crippen LogP contribution is -2.43. The molecule has 0 spiro atoms. The maximum absolute atomic E-state index is 12.7. The molecular formula is C17H27N3O4. The summed E-state index contributed by atoms with van der Waals surface area (Å²) in [5.74, 6) is 0.786. The monoisotopic (exact) mass is 337 g/mol. The number of likely N-dealkylation sites (tertiary alicyclic amines) is 2. The van der Waals surface area contributed by atoms with E-state index in [9.17, 15) is 14.4 Å². The predicted octanol–water partition coefficient (Wildman–Crippen LogP) is -0.0146. The molecule has 134 valence electrons.